The molecule has 0 bridgehead atoms. The molecule has 0 saturated carbocycles. The highest BCUT2D eigenvalue weighted by Gasteiger charge is 2.51. The maximum atomic E-state index is 10.8. The van der Waals surface area contributed by atoms with Crippen LogP contribution in [0.1, 0.15) is 0 Å². The van der Waals surface area contributed by atoms with Crippen LogP contribution in [0.5, 0.6) is 5.75 Å². The van der Waals surface area contributed by atoms with Crippen molar-refractivity contribution in [2.24, 2.45) is 0 Å². The smallest absolute Gasteiger partial charge is 0.269 e. The van der Waals surface area contributed by atoms with Crippen LogP contribution in [0.25, 0.3) is 0 Å². The lowest BCUT2D eigenvalue weighted by Crippen LogP contribution is -2.65. The Hall–Kier alpha value is -1.98. The Morgan fingerprint density at radius 2 is 1.47 bits per heavy atom. The highest BCUT2D eigenvalue weighted by molar-refractivity contribution is 5.36. The standard InChI is InChI=1S/C18H25NO13/c20-5-9-11(22)12(23)13(24)18(31-9)32-15-10(6-21)30-17(26)16(14(15)25)29-8-3-1-7(2-4-8)19(27)28/h1-4,9-18,20-26H,5-6H2/t9-,10-,11-,12+,13-,14+,15+,16-,17-,18?/m1/s1. The molecular formula is C18H25NO13. The molecule has 10 atom stereocenters. The third-order valence-electron chi connectivity index (χ3n) is 5.27. The highest BCUT2D eigenvalue weighted by Crippen LogP contribution is 2.30. The monoisotopic (exact) mass is 463 g/mol. The number of hydrogen-bond donors (Lipinski definition) is 7. The van der Waals surface area contributed by atoms with Crippen LogP contribution < -0.4 is 4.74 Å². The van der Waals surface area contributed by atoms with Crippen LogP contribution in [-0.2, 0) is 14.2 Å². The number of nitro benzene ring substituents is 1. The lowest BCUT2D eigenvalue weighted by atomic mass is 9.97. The van der Waals surface area contributed by atoms with E-state index in [2.05, 4.69) is 0 Å². The van der Waals surface area contributed by atoms with Gasteiger partial charge in [0.1, 0.15) is 48.5 Å². The van der Waals surface area contributed by atoms with Crippen LogP contribution in [0.2, 0.25) is 0 Å². The average Bonchev–Trinajstić information content (AvgIpc) is 2.78. The zero-order chi connectivity index (χ0) is 23.6. The van der Waals surface area contributed by atoms with Gasteiger partial charge in [-0.15, -0.1) is 0 Å². The molecule has 1 aromatic rings. The summed E-state index contributed by atoms with van der Waals surface area (Å²) in [6.07, 6.45) is -15.7. The van der Waals surface area contributed by atoms with Gasteiger partial charge in [-0.3, -0.25) is 10.1 Å². The SMILES string of the molecule is O=[N+]([O-])c1ccc(O[C@@H]2[C@@H](O)[C@@H](OC3O[C@H](CO)[C@@H](O)[C@H](O)[C@H]3O)[C@@H](CO)O[C@H]2O)cc1. The lowest BCUT2D eigenvalue weighted by Gasteiger charge is -2.46. The van der Waals surface area contributed by atoms with Crippen molar-refractivity contribution in [3.63, 3.8) is 0 Å². The minimum Gasteiger partial charge on any atom is -0.482 e. The number of benzene rings is 1. The van der Waals surface area contributed by atoms with Gasteiger partial charge in [0.05, 0.1) is 18.1 Å². The van der Waals surface area contributed by atoms with Gasteiger partial charge >= 0.3 is 0 Å². The fourth-order valence-corrected chi connectivity index (χ4v) is 3.49. The topological polar surface area (TPSA) is 222 Å². The molecule has 3 rings (SSSR count). The van der Waals surface area contributed by atoms with Crippen molar-refractivity contribution in [3.05, 3.63) is 34.4 Å². The average molecular weight is 463 g/mol. The van der Waals surface area contributed by atoms with E-state index >= 15 is 0 Å². The predicted molar refractivity (Wildman–Crippen MR) is 100 cm³/mol. The van der Waals surface area contributed by atoms with E-state index in [0.717, 1.165) is 12.1 Å². The fraction of sp³-hybridized carbons (Fsp3) is 0.667. The van der Waals surface area contributed by atoms with Gasteiger partial charge in [0.25, 0.3) is 5.69 Å². The third-order valence-corrected chi connectivity index (χ3v) is 5.27. The summed E-state index contributed by atoms with van der Waals surface area (Å²) in [6.45, 7) is -1.43. The zero-order valence-electron chi connectivity index (χ0n) is 16.5. The number of rotatable bonds is 7. The molecule has 2 aliphatic heterocycles. The maximum Gasteiger partial charge on any atom is 0.269 e. The van der Waals surface area contributed by atoms with Crippen molar-refractivity contribution in [2.75, 3.05) is 13.2 Å². The first-order chi connectivity index (χ1) is 15.2. The number of nitrogens with zero attached hydrogens (tertiary/aromatic N) is 1. The molecule has 180 valence electrons. The highest BCUT2D eigenvalue weighted by atomic mass is 16.7. The minimum absolute atomic E-state index is 0.0522. The van der Waals surface area contributed by atoms with Crippen molar-refractivity contribution in [1.82, 2.24) is 0 Å². The van der Waals surface area contributed by atoms with Crippen molar-refractivity contribution < 1.29 is 59.6 Å². The Balaban J connectivity index is 1.76. The largest absolute Gasteiger partial charge is 0.482 e. The first-order valence-corrected chi connectivity index (χ1v) is 9.67. The molecule has 0 radical (unpaired) electrons. The second-order valence-corrected chi connectivity index (χ2v) is 7.37. The molecule has 2 aliphatic rings. The van der Waals surface area contributed by atoms with E-state index in [1.807, 2.05) is 0 Å². The number of ether oxygens (including phenoxy) is 4. The van der Waals surface area contributed by atoms with Crippen molar-refractivity contribution in [1.29, 1.82) is 0 Å². The van der Waals surface area contributed by atoms with E-state index in [4.69, 9.17) is 18.9 Å². The molecule has 1 aromatic carbocycles. The van der Waals surface area contributed by atoms with Crippen LogP contribution in [-0.4, -0.2) is 115 Å². The maximum absolute atomic E-state index is 10.8. The fourth-order valence-electron chi connectivity index (χ4n) is 3.49. The summed E-state index contributed by atoms with van der Waals surface area (Å²) in [5, 5.41) is 80.5. The van der Waals surface area contributed by atoms with Gasteiger partial charge in [-0.25, -0.2) is 0 Å². The van der Waals surface area contributed by atoms with Crippen LogP contribution in [0.4, 0.5) is 5.69 Å². The van der Waals surface area contributed by atoms with Crippen LogP contribution in [0.15, 0.2) is 24.3 Å². The molecule has 32 heavy (non-hydrogen) atoms. The van der Waals surface area contributed by atoms with Gasteiger partial charge in [-0.1, -0.05) is 0 Å². The van der Waals surface area contributed by atoms with Crippen LogP contribution >= 0.6 is 0 Å². The van der Waals surface area contributed by atoms with Crippen molar-refractivity contribution >= 4 is 5.69 Å². The summed E-state index contributed by atoms with van der Waals surface area (Å²) < 4.78 is 21.5. The molecule has 0 amide bonds. The predicted octanol–water partition coefficient (Wildman–Crippen LogP) is -3.40. The van der Waals surface area contributed by atoms with E-state index in [1.54, 1.807) is 0 Å². The zero-order valence-corrected chi connectivity index (χ0v) is 16.5. The summed E-state index contributed by atoms with van der Waals surface area (Å²) in [5.41, 5.74) is -0.206. The lowest BCUT2D eigenvalue weighted by molar-refractivity contribution is -0.384. The van der Waals surface area contributed by atoms with Gasteiger partial charge in [-0.05, 0) is 12.1 Å². The van der Waals surface area contributed by atoms with Crippen molar-refractivity contribution in [2.45, 2.75) is 61.4 Å². The summed E-state index contributed by atoms with van der Waals surface area (Å²) >= 11 is 0. The van der Waals surface area contributed by atoms with Gasteiger partial charge < -0.3 is 54.7 Å². The van der Waals surface area contributed by atoms with E-state index in [1.165, 1.54) is 12.1 Å². The van der Waals surface area contributed by atoms with E-state index < -0.39 is 79.5 Å². The van der Waals surface area contributed by atoms with Crippen molar-refractivity contribution in [3.8, 4) is 5.75 Å². The van der Waals surface area contributed by atoms with Gasteiger partial charge in [0.2, 0.25) is 0 Å². The van der Waals surface area contributed by atoms with E-state index in [-0.39, 0.29) is 11.4 Å². The molecule has 0 aliphatic carbocycles. The van der Waals surface area contributed by atoms with Gasteiger partial charge in [-0.2, -0.15) is 0 Å². The first-order valence-electron chi connectivity index (χ1n) is 9.67. The number of aliphatic hydroxyl groups excluding tert-OH is 7. The molecule has 2 fully saturated rings. The molecular weight excluding hydrogens is 438 g/mol. The van der Waals surface area contributed by atoms with E-state index in [0.29, 0.717) is 0 Å². The molecule has 14 nitrogen and oxygen atoms in total. The molecule has 2 heterocycles. The number of hydrogen-bond acceptors (Lipinski definition) is 13. The summed E-state index contributed by atoms with van der Waals surface area (Å²) in [4.78, 5) is 10.1. The Labute approximate surface area is 180 Å². The number of aliphatic hydroxyl groups is 7. The molecule has 0 aromatic heterocycles. The Bertz CT molecular complexity index is 762. The molecule has 0 spiro atoms. The molecule has 1 unspecified atom stereocenters. The summed E-state index contributed by atoms with van der Waals surface area (Å²) in [7, 11) is 0. The van der Waals surface area contributed by atoms with Gasteiger partial charge in [0.15, 0.2) is 18.7 Å². The Morgan fingerprint density at radius 1 is 0.844 bits per heavy atom. The van der Waals surface area contributed by atoms with Gasteiger partial charge in [0, 0.05) is 12.1 Å². The first kappa shape index (κ1) is 24.7. The Kier molecular flexibility index (Phi) is 7.94. The summed E-state index contributed by atoms with van der Waals surface area (Å²) in [5.74, 6) is 0.0522. The summed E-state index contributed by atoms with van der Waals surface area (Å²) in [6, 6.07) is 4.78. The van der Waals surface area contributed by atoms with E-state index in [9.17, 15) is 45.9 Å². The van der Waals surface area contributed by atoms with Crippen LogP contribution in [0.3, 0.4) is 0 Å². The second-order valence-electron chi connectivity index (χ2n) is 7.37. The number of nitro groups is 1. The second kappa shape index (κ2) is 10.3. The van der Waals surface area contributed by atoms with Crippen LogP contribution in [0, 0.1) is 10.1 Å². The number of non-ortho nitro benzene ring substituents is 1. The third kappa shape index (κ3) is 4.99. The molecule has 2 saturated heterocycles. The molecule has 14 heteroatoms. The normalized spacial score (nSPS) is 40.1. The quantitative estimate of drug-likeness (QED) is 0.155. The Morgan fingerprint density at radius 3 is 2.03 bits per heavy atom. The molecule has 7 N–H and O–H groups in total. The minimum atomic E-state index is -1.78.